The van der Waals surface area contributed by atoms with E-state index in [1.807, 2.05) is 0 Å². The van der Waals surface area contributed by atoms with Gasteiger partial charge < -0.3 is 15.7 Å². The zero-order valence-electron chi connectivity index (χ0n) is 10.1. The van der Waals surface area contributed by atoms with E-state index in [1.54, 1.807) is 12.1 Å². The highest BCUT2D eigenvalue weighted by Gasteiger charge is 2.15. The molecule has 0 spiro atoms. The monoisotopic (exact) mass is 274 g/mol. The molecule has 0 aliphatic carbocycles. The van der Waals surface area contributed by atoms with Crippen molar-refractivity contribution in [3.63, 3.8) is 0 Å². The van der Waals surface area contributed by atoms with E-state index in [0.717, 1.165) is 0 Å². The quantitative estimate of drug-likeness (QED) is 0.288. The number of nitrogens with two attached hydrogens (primary N) is 1. The third kappa shape index (κ3) is 2.80. The standard InChI is InChI=1S/C12H10N4O4/c13-12(15-17)8-4-3-7-11(14-8)20-10-6-2-1-5-9(10)16(18)19/h1-7,17H,(H2,13,15). The SMILES string of the molecule is NC(=NO)c1cccc(Oc2ccccc2[N+](=O)[O-])n1. The van der Waals surface area contributed by atoms with Crippen molar-refractivity contribution in [1.82, 2.24) is 4.98 Å². The number of rotatable bonds is 4. The van der Waals surface area contributed by atoms with Gasteiger partial charge in [-0.1, -0.05) is 23.4 Å². The van der Waals surface area contributed by atoms with Gasteiger partial charge in [0.2, 0.25) is 11.6 Å². The smallest absolute Gasteiger partial charge is 0.311 e. The van der Waals surface area contributed by atoms with E-state index in [-0.39, 0.29) is 28.8 Å². The van der Waals surface area contributed by atoms with Gasteiger partial charge >= 0.3 is 5.69 Å². The van der Waals surface area contributed by atoms with Gasteiger partial charge in [-0.2, -0.15) is 0 Å². The van der Waals surface area contributed by atoms with Crippen LogP contribution in [-0.2, 0) is 0 Å². The van der Waals surface area contributed by atoms with E-state index in [1.165, 1.54) is 30.3 Å². The molecule has 0 fully saturated rings. The van der Waals surface area contributed by atoms with E-state index < -0.39 is 4.92 Å². The summed E-state index contributed by atoms with van der Waals surface area (Å²) in [6, 6.07) is 10.5. The second-order valence-electron chi connectivity index (χ2n) is 3.67. The molecule has 1 aromatic heterocycles. The fourth-order valence-corrected chi connectivity index (χ4v) is 1.47. The number of hydrogen-bond donors (Lipinski definition) is 2. The van der Waals surface area contributed by atoms with Crippen LogP contribution in [0.15, 0.2) is 47.6 Å². The van der Waals surface area contributed by atoms with Crippen molar-refractivity contribution < 1.29 is 14.9 Å². The normalized spacial score (nSPS) is 11.1. The molecular weight excluding hydrogens is 264 g/mol. The molecule has 0 aliphatic heterocycles. The molecule has 0 aliphatic rings. The molecule has 8 nitrogen and oxygen atoms in total. The van der Waals surface area contributed by atoms with Crippen LogP contribution in [0.3, 0.4) is 0 Å². The van der Waals surface area contributed by atoms with Crippen LogP contribution in [0.2, 0.25) is 0 Å². The van der Waals surface area contributed by atoms with Crippen molar-refractivity contribution in [1.29, 1.82) is 0 Å². The number of oxime groups is 1. The van der Waals surface area contributed by atoms with E-state index in [9.17, 15) is 10.1 Å². The highest BCUT2D eigenvalue weighted by Crippen LogP contribution is 2.29. The molecule has 0 saturated carbocycles. The number of hydrogen-bond acceptors (Lipinski definition) is 6. The lowest BCUT2D eigenvalue weighted by atomic mass is 10.3. The van der Waals surface area contributed by atoms with Gasteiger partial charge in [0.05, 0.1) is 4.92 Å². The molecule has 8 heteroatoms. The predicted molar refractivity (Wildman–Crippen MR) is 69.9 cm³/mol. The fraction of sp³-hybridized carbons (Fsp3) is 0. The maximum atomic E-state index is 10.9. The van der Waals surface area contributed by atoms with Crippen LogP contribution in [0, 0.1) is 10.1 Å². The van der Waals surface area contributed by atoms with E-state index in [0.29, 0.717) is 0 Å². The largest absolute Gasteiger partial charge is 0.432 e. The Morgan fingerprint density at radius 1 is 1.30 bits per heavy atom. The third-order valence-electron chi connectivity index (χ3n) is 2.37. The maximum absolute atomic E-state index is 10.9. The summed E-state index contributed by atoms with van der Waals surface area (Å²) >= 11 is 0. The molecule has 2 aromatic rings. The first-order chi connectivity index (χ1) is 9.61. The van der Waals surface area contributed by atoms with E-state index >= 15 is 0 Å². The number of nitro benzene ring substituents is 1. The predicted octanol–water partition coefficient (Wildman–Crippen LogP) is 1.88. The van der Waals surface area contributed by atoms with Crippen LogP contribution in [0.5, 0.6) is 11.6 Å². The number of ether oxygens (including phenoxy) is 1. The van der Waals surface area contributed by atoms with E-state index in [4.69, 9.17) is 15.7 Å². The Kier molecular flexibility index (Phi) is 3.75. The Balaban J connectivity index is 2.34. The Hall–Kier alpha value is -3.16. The van der Waals surface area contributed by atoms with Gasteiger partial charge in [0.25, 0.3) is 0 Å². The van der Waals surface area contributed by atoms with Gasteiger partial charge in [-0.15, -0.1) is 0 Å². The summed E-state index contributed by atoms with van der Waals surface area (Å²) in [4.78, 5) is 14.3. The summed E-state index contributed by atoms with van der Waals surface area (Å²) < 4.78 is 5.36. The molecule has 1 aromatic carbocycles. The lowest BCUT2D eigenvalue weighted by Crippen LogP contribution is -2.14. The fourth-order valence-electron chi connectivity index (χ4n) is 1.47. The van der Waals surface area contributed by atoms with Gasteiger partial charge in [0, 0.05) is 12.1 Å². The molecule has 0 amide bonds. The first-order valence-electron chi connectivity index (χ1n) is 5.48. The van der Waals surface area contributed by atoms with Crippen molar-refractivity contribution >= 4 is 11.5 Å². The van der Waals surface area contributed by atoms with Crippen molar-refractivity contribution in [3.8, 4) is 11.6 Å². The Morgan fingerprint density at radius 3 is 2.75 bits per heavy atom. The van der Waals surface area contributed by atoms with E-state index in [2.05, 4.69) is 10.1 Å². The minimum Gasteiger partial charge on any atom is -0.432 e. The molecule has 0 bridgehead atoms. The lowest BCUT2D eigenvalue weighted by molar-refractivity contribution is -0.385. The molecule has 0 atom stereocenters. The first-order valence-corrected chi connectivity index (χ1v) is 5.48. The summed E-state index contributed by atoms with van der Waals surface area (Å²) in [5, 5.41) is 22.3. The van der Waals surface area contributed by atoms with Crippen molar-refractivity contribution in [2.75, 3.05) is 0 Å². The lowest BCUT2D eigenvalue weighted by Gasteiger charge is -2.06. The summed E-state index contributed by atoms with van der Waals surface area (Å²) in [5.41, 5.74) is 5.43. The zero-order chi connectivity index (χ0) is 14.5. The average Bonchev–Trinajstić information content (AvgIpc) is 2.47. The summed E-state index contributed by atoms with van der Waals surface area (Å²) in [6.07, 6.45) is 0. The van der Waals surface area contributed by atoms with Crippen LogP contribution in [0.4, 0.5) is 5.69 Å². The number of aromatic nitrogens is 1. The van der Waals surface area contributed by atoms with Crippen LogP contribution in [0.1, 0.15) is 5.69 Å². The van der Waals surface area contributed by atoms with Crippen LogP contribution < -0.4 is 10.5 Å². The maximum Gasteiger partial charge on any atom is 0.311 e. The van der Waals surface area contributed by atoms with Gasteiger partial charge in [0.1, 0.15) is 5.69 Å². The van der Waals surface area contributed by atoms with Gasteiger partial charge in [-0.05, 0) is 12.1 Å². The molecule has 3 N–H and O–H groups in total. The minimum atomic E-state index is -0.553. The highest BCUT2D eigenvalue weighted by molar-refractivity contribution is 5.95. The molecule has 2 rings (SSSR count). The number of pyridine rings is 1. The Morgan fingerprint density at radius 2 is 2.05 bits per heavy atom. The summed E-state index contributed by atoms with van der Waals surface area (Å²) in [6.45, 7) is 0. The van der Waals surface area contributed by atoms with Crippen molar-refractivity contribution in [3.05, 3.63) is 58.3 Å². The third-order valence-corrected chi connectivity index (χ3v) is 2.37. The molecular formula is C12H10N4O4. The summed E-state index contributed by atoms with van der Waals surface area (Å²) in [5.74, 6) is -0.0249. The van der Waals surface area contributed by atoms with Crippen molar-refractivity contribution in [2.45, 2.75) is 0 Å². The second kappa shape index (κ2) is 5.65. The highest BCUT2D eigenvalue weighted by atomic mass is 16.6. The minimum absolute atomic E-state index is 0.0571. The number of amidine groups is 1. The van der Waals surface area contributed by atoms with Crippen molar-refractivity contribution in [2.24, 2.45) is 10.9 Å². The Bertz CT molecular complexity index is 672. The molecule has 20 heavy (non-hydrogen) atoms. The van der Waals surface area contributed by atoms with Gasteiger partial charge in [-0.25, -0.2) is 4.98 Å². The molecule has 0 radical (unpaired) electrons. The van der Waals surface area contributed by atoms with Crippen LogP contribution >= 0.6 is 0 Å². The molecule has 0 unspecified atom stereocenters. The second-order valence-corrected chi connectivity index (χ2v) is 3.67. The van der Waals surface area contributed by atoms with Crippen LogP contribution in [-0.4, -0.2) is 21.0 Å². The summed E-state index contributed by atoms with van der Waals surface area (Å²) in [7, 11) is 0. The first kappa shape index (κ1) is 13.3. The topological polar surface area (TPSA) is 124 Å². The molecule has 102 valence electrons. The number of para-hydroxylation sites is 2. The number of nitro groups is 1. The molecule has 0 saturated heterocycles. The Labute approximate surface area is 113 Å². The van der Waals surface area contributed by atoms with Gasteiger partial charge in [0.15, 0.2) is 5.84 Å². The number of nitrogens with zero attached hydrogens (tertiary/aromatic N) is 3. The number of benzene rings is 1. The molecule has 1 heterocycles. The zero-order valence-corrected chi connectivity index (χ0v) is 10.1. The average molecular weight is 274 g/mol. The van der Waals surface area contributed by atoms with Crippen LogP contribution in [0.25, 0.3) is 0 Å². The van der Waals surface area contributed by atoms with Gasteiger partial charge in [-0.3, -0.25) is 10.1 Å².